The third kappa shape index (κ3) is 7.47. The summed E-state index contributed by atoms with van der Waals surface area (Å²) in [5, 5.41) is 13.8. The molecule has 47 heavy (non-hydrogen) atoms. The summed E-state index contributed by atoms with van der Waals surface area (Å²) in [5.74, 6) is -4.63. The molecule has 6 rings (SSSR count). The van der Waals surface area contributed by atoms with Crippen molar-refractivity contribution in [3.63, 3.8) is 0 Å². The number of nitrogens with two attached hydrogens (primary N) is 1. The standard InChI is InChI=1S/C37H42ClF2N3O4/c38-28-14-8-25(9-15-28)24-6-12-27(13-7-24)37(39,40)34(36(46)43-30-16-17-31(43)21-29(41)20-30)42-35(45)33(44)26-10-18-32(19-11-26)47-22-23-4-2-1-3-5-23/h6-15,18-19,23,29-31,33-34,44H,1-5,16-17,20-22,41H2,(H,42,45)/t29?,30?,31?,33-,34-/m1/s1. The number of nitrogens with one attached hydrogen (secondary N) is 1. The van der Waals surface area contributed by atoms with Gasteiger partial charge in [-0.2, -0.15) is 8.78 Å². The number of carbonyl (C=O) groups is 2. The van der Waals surface area contributed by atoms with Gasteiger partial charge in [-0.3, -0.25) is 9.59 Å². The number of carbonyl (C=O) groups excluding carboxylic acids is 2. The van der Waals surface area contributed by atoms with E-state index >= 15 is 8.78 Å². The number of rotatable bonds is 10. The summed E-state index contributed by atoms with van der Waals surface area (Å²) in [4.78, 5) is 28.9. The van der Waals surface area contributed by atoms with Crippen molar-refractivity contribution in [1.29, 1.82) is 0 Å². The maximum atomic E-state index is 16.5. The first-order valence-corrected chi connectivity index (χ1v) is 17.0. The Balaban J connectivity index is 1.21. The zero-order valence-electron chi connectivity index (χ0n) is 26.3. The highest BCUT2D eigenvalue weighted by Gasteiger charge is 2.53. The lowest BCUT2D eigenvalue weighted by atomic mass is 9.90. The summed E-state index contributed by atoms with van der Waals surface area (Å²) >= 11 is 5.99. The minimum absolute atomic E-state index is 0.109. The number of aliphatic hydroxyl groups is 1. The molecule has 3 aromatic carbocycles. The molecule has 2 unspecified atom stereocenters. The topological polar surface area (TPSA) is 105 Å². The average Bonchev–Trinajstić information content (AvgIpc) is 3.36. The van der Waals surface area contributed by atoms with E-state index in [0.29, 0.717) is 54.5 Å². The lowest BCUT2D eigenvalue weighted by Crippen LogP contribution is -2.61. The van der Waals surface area contributed by atoms with E-state index in [9.17, 15) is 14.7 Å². The molecule has 10 heteroatoms. The zero-order chi connectivity index (χ0) is 33.1. The number of ether oxygens (including phenoxy) is 1. The maximum absolute atomic E-state index is 16.5. The molecule has 0 radical (unpaired) electrons. The van der Waals surface area contributed by atoms with Gasteiger partial charge in [0.25, 0.3) is 11.8 Å². The second kappa shape index (κ2) is 14.3. The van der Waals surface area contributed by atoms with Crippen LogP contribution in [-0.4, -0.2) is 52.6 Å². The first-order chi connectivity index (χ1) is 22.6. The second-order valence-corrected chi connectivity index (χ2v) is 13.7. The van der Waals surface area contributed by atoms with Crippen molar-refractivity contribution in [2.75, 3.05) is 6.61 Å². The normalized spacial score (nSPS) is 22.8. The van der Waals surface area contributed by atoms with Crippen LogP contribution in [-0.2, 0) is 15.5 Å². The van der Waals surface area contributed by atoms with E-state index in [4.69, 9.17) is 22.1 Å². The Morgan fingerprint density at radius 3 is 2.06 bits per heavy atom. The van der Waals surface area contributed by atoms with Crippen LogP contribution in [0.3, 0.4) is 0 Å². The molecular formula is C37H42ClF2N3O4. The van der Waals surface area contributed by atoms with Gasteiger partial charge in [0.1, 0.15) is 5.75 Å². The Morgan fingerprint density at radius 2 is 1.47 bits per heavy atom. The number of hydrogen-bond acceptors (Lipinski definition) is 5. The molecule has 1 saturated carbocycles. The number of piperidine rings is 1. The molecule has 4 N–H and O–H groups in total. The minimum atomic E-state index is -3.79. The van der Waals surface area contributed by atoms with Crippen LogP contribution in [0, 0.1) is 5.92 Å². The van der Waals surface area contributed by atoms with Gasteiger partial charge in [0.15, 0.2) is 12.1 Å². The first kappa shape index (κ1) is 33.4. The molecule has 3 aliphatic rings. The van der Waals surface area contributed by atoms with Crippen molar-refractivity contribution in [3.8, 4) is 16.9 Å². The summed E-state index contributed by atoms with van der Waals surface area (Å²) < 4.78 is 38.9. The van der Waals surface area contributed by atoms with Crippen LogP contribution in [0.15, 0.2) is 72.8 Å². The molecule has 2 heterocycles. The molecule has 2 aliphatic heterocycles. The van der Waals surface area contributed by atoms with Gasteiger partial charge in [-0.15, -0.1) is 0 Å². The second-order valence-electron chi connectivity index (χ2n) is 13.3. The zero-order valence-corrected chi connectivity index (χ0v) is 27.0. The number of halogens is 3. The summed E-state index contributed by atoms with van der Waals surface area (Å²) in [6.07, 6.45) is 6.55. The predicted octanol–water partition coefficient (Wildman–Crippen LogP) is 6.76. The van der Waals surface area contributed by atoms with E-state index < -0.39 is 35.4 Å². The molecule has 2 bridgehead atoms. The SMILES string of the molecule is NC1CC2CCC(C1)N2C(=O)[C@@H](NC(=O)[C@H](O)c1ccc(OCC2CCCCC2)cc1)C(F)(F)c1ccc(-c2ccc(Cl)cc2)cc1. The lowest BCUT2D eigenvalue weighted by Gasteiger charge is -2.41. The third-order valence-corrected chi connectivity index (χ3v) is 10.3. The fourth-order valence-electron chi connectivity index (χ4n) is 7.42. The van der Waals surface area contributed by atoms with Crippen molar-refractivity contribution in [2.24, 2.45) is 11.7 Å². The lowest BCUT2D eigenvalue weighted by molar-refractivity contribution is -0.155. The maximum Gasteiger partial charge on any atom is 0.302 e. The summed E-state index contributed by atoms with van der Waals surface area (Å²) in [6.45, 7) is 0.603. The number of aliphatic hydroxyl groups excluding tert-OH is 1. The van der Waals surface area contributed by atoms with Gasteiger partial charge in [0.2, 0.25) is 0 Å². The number of amides is 2. The van der Waals surface area contributed by atoms with Crippen LogP contribution in [0.4, 0.5) is 8.78 Å². The molecule has 4 atom stereocenters. The fourth-order valence-corrected chi connectivity index (χ4v) is 7.54. The van der Waals surface area contributed by atoms with Crippen molar-refractivity contribution >= 4 is 23.4 Å². The number of benzene rings is 3. The van der Waals surface area contributed by atoms with E-state index in [0.717, 1.165) is 18.4 Å². The van der Waals surface area contributed by atoms with Crippen LogP contribution in [0.25, 0.3) is 11.1 Å². The van der Waals surface area contributed by atoms with Crippen molar-refractivity contribution in [3.05, 3.63) is 88.9 Å². The number of nitrogens with zero attached hydrogens (tertiary/aromatic N) is 1. The van der Waals surface area contributed by atoms with Gasteiger partial charge >= 0.3 is 5.92 Å². The smallest absolute Gasteiger partial charge is 0.302 e. The van der Waals surface area contributed by atoms with Crippen LogP contribution in [0.2, 0.25) is 5.02 Å². The van der Waals surface area contributed by atoms with Gasteiger partial charge in [-0.1, -0.05) is 79.4 Å². The van der Waals surface area contributed by atoms with Gasteiger partial charge in [-0.05, 0) is 85.4 Å². The highest BCUT2D eigenvalue weighted by atomic mass is 35.5. The monoisotopic (exact) mass is 665 g/mol. The molecule has 2 amide bonds. The van der Waals surface area contributed by atoms with Crippen LogP contribution >= 0.6 is 11.6 Å². The highest BCUT2D eigenvalue weighted by Crippen LogP contribution is 2.40. The van der Waals surface area contributed by atoms with Gasteiger partial charge in [0.05, 0.1) is 6.61 Å². The Bertz CT molecular complexity index is 1520. The molecule has 0 aromatic heterocycles. The van der Waals surface area contributed by atoms with Crippen LogP contribution < -0.4 is 15.8 Å². The van der Waals surface area contributed by atoms with Gasteiger partial charge in [-0.25, -0.2) is 0 Å². The highest BCUT2D eigenvalue weighted by molar-refractivity contribution is 6.30. The molecule has 3 fully saturated rings. The predicted molar refractivity (Wildman–Crippen MR) is 177 cm³/mol. The minimum Gasteiger partial charge on any atom is -0.493 e. The number of alkyl halides is 2. The molecule has 3 aromatic rings. The fraction of sp³-hybridized carbons (Fsp3) is 0.459. The quantitative estimate of drug-likeness (QED) is 0.222. The molecule has 250 valence electrons. The Hall–Kier alpha value is -3.53. The van der Waals surface area contributed by atoms with Crippen molar-refractivity contribution in [1.82, 2.24) is 10.2 Å². The number of hydrogen-bond donors (Lipinski definition) is 3. The molecule has 7 nitrogen and oxygen atoms in total. The molecule has 2 saturated heterocycles. The van der Waals surface area contributed by atoms with E-state index in [2.05, 4.69) is 5.32 Å². The largest absolute Gasteiger partial charge is 0.493 e. The first-order valence-electron chi connectivity index (χ1n) is 16.6. The van der Waals surface area contributed by atoms with Crippen molar-refractivity contribution in [2.45, 2.75) is 94.0 Å². The van der Waals surface area contributed by atoms with E-state index in [1.165, 1.54) is 48.4 Å². The molecule has 0 spiro atoms. The van der Waals surface area contributed by atoms with Gasteiger partial charge < -0.3 is 25.8 Å². The van der Waals surface area contributed by atoms with Crippen molar-refractivity contribution < 1.29 is 28.2 Å². The van der Waals surface area contributed by atoms with Crippen LogP contribution in [0.5, 0.6) is 5.75 Å². The Kier molecular flexibility index (Phi) is 10.2. The molecular weight excluding hydrogens is 624 g/mol. The Morgan fingerprint density at radius 1 is 0.894 bits per heavy atom. The van der Waals surface area contributed by atoms with E-state index in [1.54, 1.807) is 48.5 Å². The van der Waals surface area contributed by atoms with E-state index in [1.807, 2.05) is 0 Å². The number of fused-ring (bicyclic) bond motifs is 2. The summed E-state index contributed by atoms with van der Waals surface area (Å²) in [7, 11) is 0. The third-order valence-electron chi connectivity index (χ3n) is 10.0. The molecule has 1 aliphatic carbocycles. The average molecular weight is 666 g/mol. The Labute approximate surface area is 279 Å². The summed E-state index contributed by atoms with van der Waals surface area (Å²) in [6, 6.07) is 16.1. The van der Waals surface area contributed by atoms with Gasteiger partial charge in [0, 0.05) is 28.7 Å². The summed E-state index contributed by atoms with van der Waals surface area (Å²) in [5.41, 5.74) is 7.45. The van der Waals surface area contributed by atoms with Crippen LogP contribution in [0.1, 0.15) is 75.0 Å². The van der Waals surface area contributed by atoms with E-state index in [-0.39, 0.29) is 23.7 Å².